The standard InChI is InChI=1S/C18H20N6O2/c19-15(25)9-12-5-4-8-23(11-12)18-21-16-14(17(26)22-18)10-20-24(16)13-6-2-1-3-7-13/h1-3,6-7,10,12H,4-5,8-9,11H2,(H2,19,25)(H,21,22,26). The number of piperidine rings is 1. The molecule has 3 N–H and O–H groups in total. The minimum absolute atomic E-state index is 0.182. The summed E-state index contributed by atoms with van der Waals surface area (Å²) < 4.78 is 1.67. The fraction of sp³-hybridized carbons (Fsp3) is 0.333. The third-order valence-corrected chi connectivity index (χ3v) is 4.73. The third kappa shape index (κ3) is 3.05. The van der Waals surface area contributed by atoms with Gasteiger partial charge in [-0.2, -0.15) is 10.1 Å². The number of nitrogens with zero attached hydrogens (tertiary/aromatic N) is 4. The maximum atomic E-state index is 12.5. The summed E-state index contributed by atoms with van der Waals surface area (Å²) >= 11 is 0. The molecular weight excluding hydrogens is 332 g/mol. The second-order valence-corrected chi connectivity index (χ2v) is 6.64. The Hall–Kier alpha value is -3.16. The first-order valence-electron chi connectivity index (χ1n) is 8.68. The number of carbonyl (C=O) groups excluding carboxylic acids is 1. The van der Waals surface area contributed by atoms with Gasteiger partial charge in [0.05, 0.1) is 11.9 Å². The molecule has 1 saturated heterocycles. The van der Waals surface area contributed by atoms with Crippen LogP contribution in [0.4, 0.5) is 5.95 Å². The smallest absolute Gasteiger partial charge is 0.263 e. The van der Waals surface area contributed by atoms with Crippen LogP contribution < -0.4 is 16.2 Å². The Kier molecular flexibility index (Phi) is 4.16. The average Bonchev–Trinajstić information content (AvgIpc) is 3.07. The molecule has 26 heavy (non-hydrogen) atoms. The zero-order valence-electron chi connectivity index (χ0n) is 14.3. The lowest BCUT2D eigenvalue weighted by atomic mass is 9.95. The van der Waals surface area contributed by atoms with Crippen molar-refractivity contribution < 1.29 is 4.79 Å². The van der Waals surface area contributed by atoms with E-state index in [9.17, 15) is 9.59 Å². The van der Waals surface area contributed by atoms with E-state index in [1.165, 1.54) is 6.20 Å². The molecule has 0 spiro atoms. The molecule has 0 saturated carbocycles. The average molecular weight is 352 g/mol. The predicted molar refractivity (Wildman–Crippen MR) is 98.2 cm³/mol. The Morgan fingerprint density at radius 1 is 1.31 bits per heavy atom. The summed E-state index contributed by atoms with van der Waals surface area (Å²) in [5, 5.41) is 4.77. The van der Waals surface area contributed by atoms with Crippen LogP contribution >= 0.6 is 0 Å². The number of primary amides is 1. The van der Waals surface area contributed by atoms with Crippen LogP contribution in [-0.4, -0.2) is 38.7 Å². The van der Waals surface area contributed by atoms with E-state index in [0.717, 1.165) is 25.1 Å². The summed E-state index contributed by atoms with van der Waals surface area (Å²) in [4.78, 5) is 33.2. The summed E-state index contributed by atoms with van der Waals surface area (Å²) in [5.41, 5.74) is 6.48. The Morgan fingerprint density at radius 2 is 2.12 bits per heavy atom. The van der Waals surface area contributed by atoms with Gasteiger partial charge in [-0.15, -0.1) is 0 Å². The second kappa shape index (κ2) is 6.62. The van der Waals surface area contributed by atoms with E-state index in [4.69, 9.17) is 5.73 Å². The van der Waals surface area contributed by atoms with Crippen LogP contribution in [0.3, 0.4) is 0 Å². The zero-order valence-corrected chi connectivity index (χ0v) is 14.3. The number of H-pyrrole nitrogens is 1. The quantitative estimate of drug-likeness (QED) is 0.733. The summed E-state index contributed by atoms with van der Waals surface area (Å²) in [6.07, 6.45) is 3.76. The van der Waals surface area contributed by atoms with Gasteiger partial charge in [-0.3, -0.25) is 14.6 Å². The van der Waals surface area contributed by atoms with Crippen LogP contribution in [0.2, 0.25) is 0 Å². The summed E-state index contributed by atoms with van der Waals surface area (Å²) in [6.45, 7) is 1.43. The maximum absolute atomic E-state index is 12.5. The van der Waals surface area contributed by atoms with Gasteiger partial charge in [0.2, 0.25) is 11.9 Å². The maximum Gasteiger partial charge on any atom is 0.263 e. The fourth-order valence-corrected chi connectivity index (χ4v) is 3.52. The van der Waals surface area contributed by atoms with Gasteiger partial charge in [-0.25, -0.2) is 4.68 Å². The highest BCUT2D eigenvalue weighted by Gasteiger charge is 2.24. The van der Waals surface area contributed by atoms with E-state index in [1.807, 2.05) is 35.2 Å². The molecule has 0 bridgehead atoms. The molecule has 1 atom stereocenters. The van der Waals surface area contributed by atoms with E-state index in [1.54, 1.807) is 4.68 Å². The number of amides is 1. The minimum atomic E-state index is -0.295. The number of aromatic amines is 1. The van der Waals surface area contributed by atoms with Crippen LogP contribution in [0.15, 0.2) is 41.3 Å². The number of hydrogen-bond acceptors (Lipinski definition) is 5. The molecule has 1 amide bonds. The van der Waals surface area contributed by atoms with Gasteiger partial charge < -0.3 is 10.6 Å². The second-order valence-electron chi connectivity index (χ2n) is 6.64. The summed E-state index contributed by atoms with van der Waals surface area (Å²) in [7, 11) is 0. The van der Waals surface area contributed by atoms with Crippen LogP contribution in [0.25, 0.3) is 16.7 Å². The number of hydrogen-bond donors (Lipinski definition) is 2. The fourth-order valence-electron chi connectivity index (χ4n) is 3.52. The molecule has 134 valence electrons. The number of anilines is 1. The van der Waals surface area contributed by atoms with Crippen molar-refractivity contribution in [2.24, 2.45) is 11.7 Å². The van der Waals surface area contributed by atoms with E-state index >= 15 is 0 Å². The molecule has 1 aromatic carbocycles. The number of fused-ring (bicyclic) bond motifs is 1. The van der Waals surface area contributed by atoms with Gasteiger partial charge >= 0.3 is 0 Å². The predicted octanol–water partition coefficient (Wildman–Crippen LogP) is 1.20. The molecule has 1 aliphatic heterocycles. The van der Waals surface area contributed by atoms with E-state index in [-0.39, 0.29) is 17.4 Å². The van der Waals surface area contributed by atoms with Crippen molar-refractivity contribution in [2.75, 3.05) is 18.0 Å². The largest absolute Gasteiger partial charge is 0.370 e. The number of nitrogens with two attached hydrogens (primary N) is 1. The molecule has 0 radical (unpaired) electrons. The van der Waals surface area contributed by atoms with E-state index < -0.39 is 0 Å². The van der Waals surface area contributed by atoms with Gasteiger partial charge in [0.15, 0.2) is 5.65 Å². The highest BCUT2D eigenvalue weighted by molar-refractivity contribution is 5.76. The first kappa shape index (κ1) is 16.3. The Balaban J connectivity index is 1.72. The molecule has 2 aromatic heterocycles. The Morgan fingerprint density at radius 3 is 2.88 bits per heavy atom. The summed E-state index contributed by atoms with van der Waals surface area (Å²) in [6, 6.07) is 9.58. The number of nitrogens with one attached hydrogen (secondary N) is 1. The number of carbonyl (C=O) groups is 1. The topological polar surface area (TPSA) is 110 Å². The molecule has 3 aromatic rings. The van der Waals surface area contributed by atoms with Crippen molar-refractivity contribution in [3.63, 3.8) is 0 Å². The molecule has 8 heteroatoms. The SMILES string of the molecule is NC(=O)CC1CCCN(c2nc3c(cnn3-c3ccccc3)c(=O)[nH]2)C1. The van der Waals surface area contributed by atoms with Crippen LogP contribution in [-0.2, 0) is 4.79 Å². The Labute approximate surface area is 149 Å². The van der Waals surface area contributed by atoms with Gasteiger partial charge in [-0.1, -0.05) is 18.2 Å². The molecule has 0 aliphatic carbocycles. The lowest BCUT2D eigenvalue weighted by Gasteiger charge is -2.32. The number of aromatic nitrogens is 4. The molecule has 1 unspecified atom stereocenters. The first-order valence-corrected chi connectivity index (χ1v) is 8.68. The van der Waals surface area contributed by atoms with E-state index in [2.05, 4.69) is 15.1 Å². The lowest BCUT2D eigenvalue weighted by molar-refractivity contribution is -0.118. The number of rotatable bonds is 4. The van der Waals surface area contributed by atoms with Gasteiger partial charge in [0.1, 0.15) is 5.39 Å². The normalized spacial score (nSPS) is 17.5. The molecular formula is C18H20N6O2. The molecule has 1 fully saturated rings. The van der Waals surface area contributed by atoms with Crippen LogP contribution in [0.1, 0.15) is 19.3 Å². The van der Waals surface area contributed by atoms with Gasteiger partial charge in [0, 0.05) is 19.5 Å². The van der Waals surface area contributed by atoms with E-state index in [0.29, 0.717) is 29.9 Å². The third-order valence-electron chi connectivity index (χ3n) is 4.73. The molecule has 1 aliphatic rings. The first-order chi connectivity index (χ1) is 12.6. The van der Waals surface area contributed by atoms with Gasteiger partial charge in [0.25, 0.3) is 5.56 Å². The Bertz CT molecular complexity index is 994. The molecule has 3 heterocycles. The van der Waals surface area contributed by atoms with Crippen molar-refractivity contribution in [2.45, 2.75) is 19.3 Å². The van der Waals surface area contributed by atoms with Crippen molar-refractivity contribution >= 4 is 22.9 Å². The van der Waals surface area contributed by atoms with Crippen molar-refractivity contribution in [1.82, 2.24) is 19.7 Å². The highest BCUT2D eigenvalue weighted by Crippen LogP contribution is 2.23. The van der Waals surface area contributed by atoms with Gasteiger partial charge in [-0.05, 0) is 30.9 Å². The zero-order chi connectivity index (χ0) is 18.1. The van der Waals surface area contributed by atoms with Crippen LogP contribution in [0, 0.1) is 5.92 Å². The van der Waals surface area contributed by atoms with Crippen molar-refractivity contribution in [1.29, 1.82) is 0 Å². The number of benzene rings is 1. The van der Waals surface area contributed by atoms with Crippen LogP contribution in [0.5, 0.6) is 0 Å². The minimum Gasteiger partial charge on any atom is -0.370 e. The van der Waals surface area contributed by atoms with Crippen molar-refractivity contribution in [3.8, 4) is 5.69 Å². The highest BCUT2D eigenvalue weighted by atomic mass is 16.1. The monoisotopic (exact) mass is 352 g/mol. The summed E-state index contributed by atoms with van der Waals surface area (Å²) in [5.74, 6) is 0.395. The van der Waals surface area contributed by atoms with Crippen molar-refractivity contribution in [3.05, 3.63) is 46.9 Å². The lowest BCUT2D eigenvalue weighted by Crippen LogP contribution is -2.38. The molecule has 4 rings (SSSR count). The molecule has 8 nitrogen and oxygen atoms in total. The number of para-hydroxylation sites is 1.